The van der Waals surface area contributed by atoms with Gasteiger partial charge in [0.2, 0.25) is 0 Å². The number of hydrogen-bond acceptors (Lipinski definition) is 3. The number of rotatable bonds is 3. The summed E-state index contributed by atoms with van der Waals surface area (Å²) in [5.74, 6) is 1.39. The van der Waals surface area contributed by atoms with E-state index in [1.54, 1.807) is 18.3 Å². The summed E-state index contributed by atoms with van der Waals surface area (Å²) >= 11 is 3.41. The van der Waals surface area contributed by atoms with E-state index in [1.165, 1.54) is 0 Å². The van der Waals surface area contributed by atoms with E-state index < -0.39 is 0 Å². The first-order valence-electron chi connectivity index (χ1n) is 6.65. The van der Waals surface area contributed by atoms with Crippen molar-refractivity contribution in [3.8, 4) is 17.4 Å². The number of furan rings is 1. The number of aromatic nitrogens is 1. The van der Waals surface area contributed by atoms with Crippen molar-refractivity contribution < 1.29 is 4.42 Å². The van der Waals surface area contributed by atoms with Crippen molar-refractivity contribution in [2.75, 3.05) is 0 Å². The zero-order valence-corrected chi connectivity index (χ0v) is 13.1. The first-order valence-corrected chi connectivity index (χ1v) is 7.44. The lowest BCUT2D eigenvalue weighted by Crippen LogP contribution is -1.84. The van der Waals surface area contributed by atoms with Crippen LogP contribution in [0, 0.1) is 11.3 Å². The maximum Gasteiger partial charge on any atom is 0.134 e. The fraction of sp³-hybridized carbons (Fsp3) is 0. The molecule has 0 amide bonds. The van der Waals surface area contributed by atoms with Crippen LogP contribution in [0.2, 0.25) is 0 Å². The van der Waals surface area contributed by atoms with E-state index in [4.69, 9.17) is 4.42 Å². The summed E-state index contributed by atoms with van der Waals surface area (Å²) in [4.78, 5) is 4.18. The van der Waals surface area contributed by atoms with Gasteiger partial charge in [0.15, 0.2) is 0 Å². The van der Waals surface area contributed by atoms with Gasteiger partial charge in [0.05, 0.1) is 11.3 Å². The Morgan fingerprint density at radius 1 is 1.09 bits per heavy atom. The highest BCUT2D eigenvalue weighted by molar-refractivity contribution is 9.10. The second kappa shape index (κ2) is 6.42. The molecule has 0 saturated heterocycles. The Bertz CT molecular complexity index is 843. The first kappa shape index (κ1) is 14.3. The van der Waals surface area contributed by atoms with Gasteiger partial charge in [-0.1, -0.05) is 34.1 Å². The molecule has 0 aliphatic heterocycles. The number of pyridine rings is 1. The molecule has 3 aromatic rings. The van der Waals surface area contributed by atoms with Crippen LogP contribution in [0.3, 0.4) is 0 Å². The number of allylic oxidation sites excluding steroid dienone is 1. The Hall–Kier alpha value is -2.64. The molecule has 0 fully saturated rings. The van der Waals surface area contributed by atoms with Crippen LogP contribution < -0.4 is 0 Å². The minimum atomic E-state index is 0.470. The fourth-order valence-corrected chi connectivity index (χ4v) is 2.29. The van der Waals surface area contributed by atoms with Gasteiger partial charge < -0.3 is 4.42 Å². The van der Waals surface area contributed by atoms with E-state index in [0.29, 0.717) is 17.0 Å². The highest BCUT2D eigenvalue weighted by Gasteiger charge is 2.06. The minimum absolute atomic E-state index is 0.470. The molecule has 0 saturated carbocycles. The van der Waals surface area contributed by atoms with Gasteiger partial charge in [-0.2, -0.15) is 5.26 Å². The van der Waals surface area contributed by atoms with Crippen molar-refractivity contribution in [3.63, 3.8) is 0 Å². The van der Waals surface area contributed by atoms with Gasteiger partial charge >= 0.3 is 0 Å². The molecule has 0 radical (unpaired) electrons. The quantitative estimate of drug-likeness (QED) is 0.612. The summed E-state index contributed by atoms with van der Waals surface area (Å²) in [6, 6.07) is 19.2. The maximum atomic E-state index is 9.29. The molecule has 0 aliphatic carbocycles. The summed E-state index contributed by atoms with van der Waals surface area (Å²) in [6.45, 7) is 0. The van der Waals surface area contributed by atoms with Crippen LogP contribution in [-0.4, -0.2) is 4.98 Å². The van der Waals surface area contributed by atoms with Gasteiger partial charge in [-0.15, -0.1) is 0 Å². The van der Waals surface area contributed by atoms with Crippen molar-refractivity contribution in [1.29, 1.82) is 5.26 Å². The van der Waals surface area contributed by atoms with Crippen molar-refractivity contribution >= 4 is 27.6 Å². The Morgan fingerprint density at radius 3 is 2.59 bits per heavy atom. The minimum Gasteiger partial charge on any atom is -0.457 e. The normalized spacial score (nSPS) is 11.2. The third-order valence-corrected chi connectivity index (χ3v) is 3.63. The fourth-order valence-electron chi connectivity index (χ4n) is 2.03. The zero-order chi connectivity index (χ0) is 15.4. The number of halogens is 1. The summed E-state index contributed by atoms with van der Waals surface area (Å²) in [5, 5.41) is 9.29. The predicted molar refractivity (Wildman–Crippen MR) is 89.6 cm³/mol. The standard InChI is InChI=1S/C18H11BrN2O/c19-15-6-4-13(5-7-15)18-9-8-16(22-18)11-14(12-20)17-3-1-2-10-21-17/h1-11H/b14-11+. The van der Waals surface area contributed by atoms with Crippen LogP contribution in [0.5, 0.6) is 0 Å². The lowest BCUT2D eigenvalue weighted by molar-refractivity contribution is 0.572. The molecule has 0 atom stereocenters. The topological polar surface area (TPSA) is 49.8 Å². The van der Waals surface area contributed by atoms with Crippen LogP contribution in [0.25, 0.3) is 23.0 Å². The SMILES string of the molecule is N#C/C(=C\c1ccc(-c2ccc(Br)cc2)o1)c1ccccn1. The molecular weight excluding hydrogens is 340 g/mol. The summed E-state index contributed by atoms with van der Waals surface area (Å²) in [7, 11) is 0. The third kappa shape index (κ3) is 3.16. The number of hydrogen-bond donors (Lipinski definition) is 0. The smallest absolute Gasteiger partial charge is 0.134 e. The van der Waals surface area contributed by atoms with E-state index in [0.717, 1.165) is 15.8 Å². The lowest BCUT2D eigenvalue weighted by atomic mass is 10.1. The molecule has 1 aromatic carbocycles. The van der Waals surface area contributed by atoms with E-state index in [2.05, 4.69) is 27.0 Å². The molecule has 0 unspecified atom stereocenters. The van der Waals surface area contributed by atoms with Crippen LogP contribution in [0.15, 0.2) is 69.7 Å². The van der Waals surface area contributed by atoms with Crippen molar-refractivity contribution in [1.82, 2.24) is 4.98 Å². The van der Waals surface area contributed by atoms with E-state index in [1.807, 2.05) is 48.5 Å². The number of nitrogens with zero attached hydrogens (tertiary/aromatic N) is 2. The highest BCUT2D eigenvalue weighted by atomic mass is 79.9. The average Bonchev–Trinajstić information content (AvgIpc) is 3.03. The zero-order valence-electron chi connectivity index (χ0n) is 11.5. The molecule has 2 aromatic heterocycles. The largest absolute Gasteiger partial charge is 0.457 e. The van der Waals surface area contributed by atoms with Gasteiger partial charge in [-0.3, -0.25) is 4.98 Å². The first-order chi connectivity index (χ1) is 10.8. The van der Waals surface area contributed by atoms with Crippen LogP contribution >= 0.6 is 15.9 Å². The lowest BCUT2D eigenvalue weighted by Gasteiger charge is -1.98. The van der Waals surface area contributed by atoms with Crippen molar-refractivity contribution in [2.45, 2.75) is 0 Å². The third-order valence-electron chi connectivity index (χ3n) is 3.10. The summed E-state index contributed by atoms with van der Waals surface area (Å²) < 4.78 is 6.81. The van der Waals surface area contributed by atoms with Gasteiger partial charge in [0.1, 0.15) is 17.6 Å². The highest BCUT2D eigenvalue weighted by Crippen LogP contribution is 2.26. The van der Waals surface area contributed by atoms with E-state index in [-0.39, 0.29) is 0 Å². The molecule has 3 rings (SSSR count). The molecule has 4 heteroatoms. The van der Waals surface area contributed by atoms with Crippen LogP contribution in [0.1, 0.15) is 11.5 Å². The molecule has 0 bridgehead atoms. The summed E-state index contributed by atoms with van der Waals surface area (Å²) in [5.41, 5.74) is 2.09. The Kier molecular flexibility index (Phi) is 4.17. The molecule has 22 heavy (non-hydrogen) atoms. The Balaban J connectivity index is 1.92. The number of benzene rings is 1. The maximum absolute atomic E-state index is 9.29. The Labute approximate surface area is 136 Å². The molecule has 0 aliphatic rings. The summed E-state index contributed by atoms with van der Waals surface area (Å²) in [6.07, 6.45) is 3.36. The second-order valence-electron chi connectivity index (χ2n) is 4.59. The van der Waals surface area contributed by atoms with Gasteiger partial charge in [-0.05, 0) is 36.4 Å². The van der Waals surface area contributed by atoms with E-state index in [9.17, 15) is 5.26 Å². The monoisotopic (exact) mass is 350 g/mol. The molecule has 106 valence electrons. The molecule has 2 heterocycles. The Morgan fingerprint density at radius 2 is 1.91 bits per heavy atom. The molecular formula is C18H11BrN2O. The number of nitriles is 1. The predicted octanol–water partition coefficient (Wildman–Crippen LogP) is 5.17. The van der Waals surface area contributed by atoms with Crippen LogP contribution in [0.4, 0.5) is 0 Å². The van der Waals surface area contributed by atoms with Gasteiger partial charge in [0, 0.05) is 22.3 Å². The molecule has 0 spiro atoms. The van der Waals surface area contributed by atoms with Gasteiger partial charge in [0.25, 0.3) is 0 Å². The van der Waals surface area contributed by atoms with Gasteiger partial charge in [-0.25, -0.2) is 0 Å². The van der Waals surface area contributed by atoms with Crippen molar-refractivity contribution in [3.05, 3.63) is 76.7 Å². The molecule has 0 N–H and O–H groups in total. The van der Waals surface area contributed by atoms with Crippen molar-refractivity contribution in [2.24, 2.45) is 0 Å². The average molecular weight is 351 g/mol. The second-order valence-corrected chi connectivity index (χ2v) is 5.51. The van der Waals surface area contributed by atoms with E-state index >= 15 is 0 Å². The van der Waals surface area contributed by atoms with Crippen LogP contribution in [-0.2, 0) is 0 Å². The molecule has 3 nitrogen and oxygen atoms in total.